The van der Waals surface area contributed by atoms with E-state index in [0.29, 0.717) is 28.5 Å². The monoisotopic (exact) mass is 444 g/mol. The van der Waals surface area contributed by atoms with Crippen molar-refractivity contribution in [2.75, 3.05) is 18.4 Å². The van der Waals surface area contributed by atoms with E-state index in [2.05, 4.69) is 10.2 Å². The molecule has 1 N–H and O–H groups in total. The third-order valence-electron chi connectivity index (χ3n) is 5.71. The molecular weight excluding hydrogens is 420 g/mol. The number of aromatic nitrogens is 2. The van der Waals surface area contributed by atoms with E-state index >= 15 is 0 Å². The highest BCUT2D eigenvalue weighted by molar-refractivity contribution is 7.18. The maximum Gasteiger partial charge on any atom is 0.263 e. The Morgan fingerprint density at radius 3 is 2.70 bits per heavy atom. The summed E-state index contributed by atoms with van der Waals surface area (Å²) < 4.78 is 1.54. The van der Waals surface area contributed by atoms with Crippen LogP contribution in [0.25, 0.3) is 10.2 Å². The first-order valence-corrected chi connectivity index (χ1v) is 11.3. The lowest BCUT2D eigenvalue weighted by Crippen LogP contribution is -2.33. The molecule has 0 unspecified atom stereocenters. The van der Waals surface area contributed by atoms with Gasteiger partial charge in [-0.25, -0.2) is 4.98 Å². The van der Waals surface area contributed by atoms with Crippen LogP contribution in [0.4, 0.5) is 5.69 Å². The number of thiophene rings is 1. The molecule has 1 aromatic carbocycles. The van der Waals surface area contributed by atoms with E-state index in [1.165, 1.54) is 4.57 Å². The van der Waals surface area contributed by atoms with Crippen LogP contribution in [0.5, 0.6) is 0 Å². The van der Waals surface area contributed by atoms with Gasteiger partial charge >= 0.3 is 0 Å². The minimum Gasteiger partial charge on any atom is -0.324 e. The molecule has 0 bridgehead atoms. The minimum absolute atomic E-state index is 0.0781. The summed E-state index contributed by atoms with van der Waals surface area (Å²) in [5, 5.41) is 4.06. The summed E-state index contributed by atoms with van der Waals surface area (Å²) in [7, 11) is 0. The maximum atomic E-state index is 13.4. The summed E-state index contributed by atoms with van der Waals surface area (Å²) >= 11 is 7.61. The van der Waals surface area contributed by atoms with E-state index in [4.69, 9.17) is 16.6 Å². The van der Waals surface area contributed by atoms with Gasteiger partial charge in [0.1, 0.15) is 17.2 Å². The van der Waals surface area contributed by atoms with Crippen LogP contribution in [0.15, 0.2) is 23.0 Å². The number of hydrogen-bond acceptors (Lipinski definition) is 5. The van der Waals surface area contributed by atoms with Crippen molar-refractivity contribution >= 4 is 44.7 Å². The lowest BCUT2D eigenvalue weighted by atomic mass is 10.2. The smallest absolute Gasteiger partial charge is 0.263 e. The standard InChI is InChI=1S/C22H25ClN4O2S/c1-13-6-7-16(23)10-17(13)24-19(28)12-27-18(11-26-8-4-5-9-26)25-21-20(22(27)29)14(2)15(3)30-21/h6-7,10H,4-5,8-9,11-12H2,1-3H3,(H,24,28). The zero-order valence-electron chi connectivity index (χ0n) is 17.4. The van der Waals surface area contributed by atoms with Gasteiger partial charge in [0.2, 0.25) is 5.91 Å². The highest BCUT2D eigenvalue weighted by atomic mass is 35.5. The van der Waals surface area contributed by atoms with E-state index in [1.54, 1.807) is 23.5 Å². The number of amides is 1. The molecule has 6 nitrogen and oxygen atoms in total. The molecule has 2 aromatic heterocycles. The number of anilines is 1. The van der Waals surface area contributed by atoms with Gasteiger partial charge in [-0.1, -0.05) is 17.7 Å². The Morgan fingerprint density at radius 1 is 1.23 bits per heavy atom. The normalized spacial score (nSPS) is 14.5. The van der Waals surface area contributed by atoms with E-state index in [-0.39, 0.29) is 18.0 Å². The predicted octanol–water partition coefficient (Wildman–Crippen LogP) is 4.27. The molecule has 30 heavy (non-hydrogen) atoms. The van der Waals surface area contributed by atoms with Crippen LogP contribution in [0.3, 0.4) is 0 Å². The quantitative estimate of drug-likeness (QED) is 0.638. The van der Waals surface area contributed by atoms with Gasteiger partial charge in [-0.15, -0.1) is 11.3 Å². The number of carbonyl (C=O) groups excluding carboxylic acids is 1. The molecule has 4 rings (SSSR count). The topological polar surface area (TPSA) is 67.2 Å². The molecule has 0 aliphatic carbocycles. The average molecular weight is 445 g/mol. The van der Waals surface area contributed by atoms with Gasteiger partial charge in [0.25, 0.3) is 5.56 Å². The maximum absolute atomic E-state index is 13.4. The van der Waals surface area contributed by atoms with Crippen molar-refractivity contribution in [3.8, 4) is 0 Å². The van der Waals surface area contributed by atoms with Crippen molar-refractivity contribution in [3.05, 3.63) is 55.4 Å². The SMILES string of the molecule is Cc1ccc(Cl)cc1NC(=O)Cn1c(CN2CCCC2)nc2sc(C)c(C)c2c1=O. The van der Waals surface area contributed by atoms with E-state index in [0.717, 1.165) is 46.8 Å². The Hall–Kier alpha value is -2.22. The summed E-state index contributed by atoms with van der Waals surface area (Å²) in [5.74, 6) is 0.379. The van der Waals surface area contributed by atoms with Crippen molar-refractivity contribution in [1.82, 2.24) is 14.5 Å². The molecule has 3 aromatic rings. The first kappa shape index (κ1) is 21.0. The summed E-state index contributed by atoms with van der Waals surface area (Å²) in [6.07, 6.45) is 2.30. The van der Waals surface area contributed by atoms with Crippen molar-refractivity contribution in [2.24, 2.45) is 0 Å². The second-order valence-electron chi connectivity index (χ2n) is 7.87. The van der Waals surface area contributed by atoms with Crippen LogP contribution >= 0.6 is 22.9 Å². The number of halogens is 1. The molecule has 0 saturated carbocycles. The highest BCUT2D eigenvalue weighted by Crippen LogP contribution is 2.27. The van der Waals surface area contributed by atoms with Crippen molar-refractivity contribution in [1.29, 1.82) is 0 Å². The number of carbonyl (C=O) groups is 1. The van der Waals surface area contributed by atoms with E-state index in [9.17, 15) is 9.59 Å². The molecule has 8 heteroatoms. The fourth-order valence-electron chi connectivity index (χ4n) is 3.86. The number of hydrogen-bond donors (Lipinski definition) is 1. The lowest BCUT2D eigenvalue weighted by molar-refractivity contribution is -0.116. The molecule has 1 fully saturated rings. The van der Waals surface area contributed by atoms with Gasteiger partial charge in [0.15, 0.2) is 0 Å². The molecule has 1 aliphatic heterocycles. The molecular formula is C22H25ClN4O2S. The largest absolute Gasteiger partial charge is 0.324 e. The molecule has 3 heterocycles. The van der Waals surface area contributed by atoms with Gasteiger partial charge in [-0.3, -0.25) is 19.1 Å². The van der Waals surface area contributed by atoms with Crippen LogP contribution < -0.4 is 10.9 Å². The number of benzene rings is 1. The molecule has 1 amide bonds. The van der Waals surface area contributed by atoms with Gasteiger partial charge in [-0.2, -0.15) is 0 Å². The highest BCUT2D eigenvalue weighted by Gasteiger charge is 2.21. The summed E-state index contributed by atoms with van der Waals surface area (Å²) in [6.45, 7) is 8.32. The van der Waals surface area contributed by atoms with Crippen molar-refractivity contribution in [3.63, 3.8) is 0 Å². The molecule has 0 spiro atoms. The third kappa shape index (κ3) is 4.15. The Bertz CT molecular complexity index is 1180. The molecule has 158 valence electrons. The van der Waals surface area contributed by atoms with Crippen LogP contribution in [0.1, 0.15) is 34.7 Å². The first-order valence-electron chi connectivity index (χ1n) is 10.1. The Labute approximate surface area is 184 Å². The van der Waals surface area contributed by atoms with Crippen molar-refractivity contribution < 1.29 is 4.79 Å². The van der Waals surface area contributed by atoms with Crippen molar-refractivity contribution in [2.45, 2.75) is 46.7 Å². The number of nitrogens with one attached hydrogen (secondary N) is 1. The zero-order chi connectivity index (χ0) is 21.4. The van der Waals surface area contributed by atoms with E-state index < -0.39 is 0 Å². The first-order chi connectivity index (χ1) is 14.3. The average Bonchev–Trinajstić information content (AvgIpc) is 3.30. The fraction of sp³-hybridized carbons (Fsp3) is 0.409. The Morgan fingerprint density at radius 2 is 1.97 bits per heavy atom. The minimum atomic E-state index is -0.268. The summed E-state index contributed by atoms with van der Waals surface area (Å²) in [4.78, 5) is 35.2. The number of fused-ring (bicyclic) bond motifs is 1. The molecule has 1 saturated heterocycles. The van der Waals surface area contributed by atoms with Gasteiger partial charge < -0.3 is 5.32 Å². The van der Waals surface area contributed by atoms with Crippen LogP contribution in [-0.2, 0) is 17.9 Å². The van der Waals surface area contributed by atoms with Gasteiger partial charge in [-0.05, 0) is 70.0 Å². The number of nitrogens with zero attached hydrogens (tertiary/aromatic N) is 3. The van der Waals surface area contributed by atoms with E-state index in [1.807, 2.05) is 26.8 Å². The predicted molar refractivity (Wildman–Crippen MR) is 123 cm³/mol. The molecule has 1 aliphatic rings. The second kappa shape index (κ2) is 8.49. The summed E-state index contributed by atoms with van der Waals surface area (Å²) in [6, 6.07) is 5.36. The Balaban J connectivity index is 1.70. The second-order valence-corrected chi connectivity index (χ2v) is 9.51. The lowest BCUT2D eigenvalue weighted by Gasteiger charge is -2.18. The number of likely N-dealkylation sites (tertiary alicyclic amines) is 1. The van der Waals surface area contributed by atoms with Gasteiger partial charge in [0, 0.05) is 15.6 Å². The van der Waals surface area contributed by atoms with Crippen LogP contribution in [0.2, 0.25) is 5.02 Å². The zero-order valence-corrected chi connectivity index (χ0v) is 19.0. The fourth-order valence-corrected chi connectivity index (χ4v) is 5.07. The molecule has 0 atom stereocenters. The third-order valence-corrected chi connectivity index (χ3v) is 7.04. The van der Waals surface area contributed by atoms with Crippen LogP contribution in [0, 0.1) is 20.8 Å². The molecule has 0 radical (unpaired) electrons. The number of rotatable bonds is 5. The van der Waals surface area contributed by atoms with Crippen LogP contribution in [-0.4, -0.2) is 33.4 Å². The Kier molecular flexibility index (Phi) is 5.95. The number of aryl methyl sites for hydroxylation is 3. The van der Waals surface area contributed by atoms with Gasteiger partial charge in [0.05, 0.1) is 11.9 Å². The summed E-state index contributed by atoms with van der Waals surface area (Å²) in [5.41, 5.74) is 2.36.